The molecule has 2 nitrogen and oxygen atoms in total. The van der Waals surface area contributed by atoms with Crippen molar-refractivity contribution in [3.63, 3.8) is 0 Å². The zero-order valence-electron chi connectivity index (χ0n) is 7.41. The lowest BCUT2D eigenvalue weighted by molar-refractivity contribution is 0.607. The van der Waals surface area contributed by atoms with E-state index in [-0.39, 0.29) is 5.82 Å². The molecule has 0 aliphatic carbocycles. The second kappa shape index (κ2) is 3.46. The average Bonchev–Trinajstić information content (AvgIpc) is 1.94. The second-order valence-electron chi connectivity index (χ2n) is 2.96. The molecule has 0 N–H and O–H groups in total. The highest BCUT2D eigenvalue weighted by Gasteiger charge is 2.06. The van der Waals surface area contributed by atoms with Crippen LogP contribution in [-0.2, 0) is 9.84 Å². The van der Waals surface area contributed by atoms with E-state index in [2.05, 4.69) is 0 Å². The van der Waals surface area contributed by atoms with Gasteiger partial charge in [0, 0.05) is 6.26 Å². The van der Waals surface area contributed by atoms with E-state index in [0.29, 0.717) is 11.1 Å². The summed E-state index contributed by atoms with van der Waals surface area (Å²) in [6, 6.07) is 4.19. The fourth-order valence-electron chi connectivity index (χ4n) is 0.988. The molecule has 0 saturated carbocycles. The molecule has 0 aliphatic rings. The van der Waals surface area contributed by atoms with Crippen molar-refractivity contribution in [2.24, 2.45) is 0 Å². The van der Waals surface area contributed by atoms with Gasteiger partial charge in [-0.1, -0.05) is 12.1 Å². The van der Waals surface area contributed by atoms with Gasteiger partial charge in [0.25, 0.3) is 0 Å². The summed E-state index contributed by atoms with van der Waals surface area (Å²) in [6.45, 7) is 1.59. The van der Waals surface area contributed by atoms with Crippen LogP contribution in [0.25, 0.3) is 0 Å². The summed E-state index contributed by atoms with van der Waals surface area (Å²) in [5.41, 5.74) is 0.943. The molecule has 0 amide bonds. The van der Waals surface area contributed by atoms with Crippen LogP contribution in [0.1, 0.15) is 11.1 Å². The molecular weight excluding hydrogens is 191 g/mol. The highest BCUT2D eigenvalue weighted by Crippen LogP contribution is 2.12. The molecule has 0 atom stereocenters. The molecule has 13 heavy (non-hydrogen) atoms. The zero-order chi connectivity index (χ0) is 10.1. The van der Waals surface area contributed by atoms with Crippen LogP contribution in [0.3, 0.4) is 0 Å². The Morgan fingerprint density at radius 1 is 1.38 bits per heavy atom. The average molecular weight is 201 g/mol. The molecule has 4 heteroatoms. The molecule has 1 radical (unpaired) electrons. The molecular formula is C9H10FO2S. The largest absolute Gasteiger partial charge is 0.228 e. The Hall–Kier alpha value is -0.900. The Bertz CT molecular complexity index is 410. The van der Waals surface area contributed by atoms with E-state index in [0.717, 1.165) is 12.0 Å². The molecule has 0 heterocycles. The van der Waals surface area contributed by atoms with Crippen LogP contribution in [0.5, 0.6) is 0 Å². The maximum absolute atomic E-state index is 12.8. The number of hydrogen-bond donors (Lipinski definition) is 0. The van der Waals surface area contributed by atoms with Crippen LogP contribution in [0.4, 0.5) is 4.39 Å². The van der Waals surface area contributed by atoms with Gasteiger partial charge in [-0.25, -0.2) is 12.8 Å². The highest BCUT2D eigenvalue weighted by molar-refractivity contribution is 7.92. The Kier molecular flexibility index (Phi) is 2.71. The van der Waals surface area contributed by atoms with E-state index in [4.69, 9.17) is 0 Å². The lowest BCUT2D eigenvalue weighted by atomic mass is 10.1. The van der Waals surface area contributed by atoms with Crippen molar-refractivity contribution in [1.29, 1.82) is 0 Å². The van der Waals surface area contributed by atoms with Crippen molar-refractivity contribution in [3.05, 3.63) is 40.9 Å². The maximum Gasteiger partial charge on any atom is 0.156 e. The fourth-order valence-corrected chi connectivity index (χ4v) is 1.63. The Balaban J connectivity index is 2.99. The standard InChI is InChI=1S/C9H10FO2S/c1-7-5-8(3-4-9(7)10)6-13(2,11)12/h3-6H,1-2H3. The minimum Gasteiger partial charge on any atom is -0.228 e. The van der Waals surface area contributed by atoms with Crippen LogP contribution < -0.4 is 0 Å². The van der Waals surface area contributed by atoms with Gasteiger partial charge in [0.1, 0.15) is 11.6 Å². The van der Waals surface area contributed by atoms with Crippen molar-refractivity contribution in [2.45, 2.75) is 6.92 Å². The van der Waals surface area contributed by atoms with Gasteiger partial charge in [-0.05, 0) is 24.1 Å². The summed E-state index contributed by atoms with van der Waals surface area (Å²) in [7, 11) is -3.15. The van der Waals surface area contributed by atoms with Crippen molar-refractivity contribution in [2.75, 3.05) is 6.26 Å². The van der Waals surface area contributed by atoms with Gasteiger partial charge >= 0.3 is 0 Å². The van der Waals surface area contributed by atoms with E-state index in [9.17, 15) is 12.8 Å². The zero-order valence-corrected chi connectivity index (χ0v) is 8.23. The summed E-state index contributed by atoms with van der Waals surface area (Å²) < 4.78 is 34.5. The molecule has 1 aromatic rings. The number of aryl methyl sites for hydroxylation is 1. The number of sulfone groups is 1. The number of rotatable bonds is 2. The normalized spacial score (nSPS) is 11.6. The first-order valence-corrected chi connectivity index (χ1v) is 5.65. The molecule has 0 fully saturated rings. The van der Waals surface area contributed by atoms with Crippen LogP contribution in [0.15, 0.2) is 18.2 Å². The summed E-state index contributed by atoms with van der Waals surface area (Å²) in [5.74, 6) is 0.782. The lowest BCUT2D eigenvalue weighted by Gasteiger charge is -2.00. The summed E-state index contributed by atoms with van der Waals surface area (Å²) >= 11 is 0. The van der Waals surface area contributed by atoms with Gasteiger partial charge in [-0.3, -0.25) is 0 Å². The van der Waals surface area contributed by atoms with Crippen molar-refractivity contribution in [3.8, 4) is 0 Å². The van der Waals surface area contributed by atoms with E-state index in [1.807, 2.05) is 0 Å². The van der Waals surface area contributed by atoms with Gasteiger partial charge in [0.2, 0.25) is 0 Å². The topological polar surface area (TPSA) is 34.1 Å². The van der Waals surface area contributed by atoms with Gasteiger partial charge < -0.3 is 0 Å². The molecule has 71 valence electrons. The summed E-state index contributed by atoms with van der Waals surface area (Å²) in [4.78, 5) is 0. The van der Waals surface area contributed by atoms with Gasteiger partial charge in [0.15, 0.2) is 9.84 Å². The SMILES string of the molecule is Cc1cc([CH]S(C)(=O)=O)ccc1F. The first-order chi connectivity index (χ1) is 5.88. The van der Waals surface area contributed by atoms with Crippen LogP contribution in [0.2, 0.25) is 0 Å². The first kappa shape index (κ1) is 10.2. The Labute approximate surface area is 77.3 Å². The smallest absolute Gasteiger partial charge is 0.156 e. The molecule has 0 saturated heterocycles. The predicted molar refractivity (Wildman–Crippen MR) is 49.4 cm³/mol. The monoisotopic (exact) mass is 201 g/mol. The predicted octanol–water partition coefficient (Wildman–Crippen LogP) is 1.69. The summed E-state index contributed by atoms with van der Waals surface area (Å²) in [6.07, 6.45) is 1.10. The molecule has 0 aliphatic heterocycles. The maximum atomic E-state index is 12.8. The Morgan fingerprint density at radius 2 is 2.00 bits per heavy atom. The number of benzene rings is 1. The van der Waals surface area contributed by atoms with E-state index < -0.39 is 9.84 Å². The minimum atomic E-state index is -3.15. The van der Waals surface area contributed by atoms with Crippen molar-refractivity contribution in [1.82, 2.24) is 0 Å². The van der Waals surface area contributed by atoms with Gasteiger partial charge in [-0.2, -0.15) is 0 Å². The van der Waals surface area contributed by atoms with Crippen LogP contribution >= 0.6 is 0 Å². The molecule has 0 bridgehead atoms. The van der Waals surface area contributed by atoms with Crippen molar-refractivity contribution < 1.29 is 12.8 Å². The number of hydrogen-bond acceptors (Lipinski definition) is 2. The van der Waals surface area contributed by atoms with E-state index >= 15 is 0 Å². The first-order valence-electron chi connectivity index (χ1n) is 3.69. The van der Waals surface area contributed by atoms with Crippen LogP contribution in [0, 0.1) is 18.5 Å². The molecule has 1 aromatic carbocycles. The highest BCUT2D eigenvalue weighted by atomic mass is 32.2. The molecule has 1 rings (SSSR count). The molecule has 0 unspecified atom stereocenters. The minimum absolute atomic E-state index is 0.328. The third-order valence-electron chi connectivity index (χ3n) is 1.53. The van der Waals surface area contributed by atoms with E-state index in [1.165, 1.54) is 18.2 Å². The lowest BCUT2D eigenvalue weighted by Crippen LogP contribution is -1.98. The fraction of sp³-hybridized carbons (Fsp3) is 0.222. The molecule has 0 spiro atoms. The second-order valence-corrected chi connectivity index (χ2v) is 4.85. The molecule has 0 aromatic heterocycles. The third kappa shape index (κ3) is 3.14. The quantitative estimate of drug-likeness (QED) is 0.729. The summed E-state index contributed by atoms with van der Waals surface area (Å²) in [5, 5.41) is 0. The Morgan fingerprint density at radius 3 is 2.46 bits per heavy atom. The van der Waals surface area contributed by atoms with Gasteiger partial charge in [-0.15, -0.1) is 0 Å². The van der Waals surface area contributed by atoms with E-state index in [1.54, 1.807) is 6.92 Å². The number of halogens is 1. The third-order valence-corrected chi connectivity index (χ3v) is 2.23. The van der Waals surface area contributed by atoms with Gasteiger partial charge in [0.05, 0.1) is 0 Å². The van der Waals surface area contributed by atoms with Crippen molar-refractivity contribution >= 4 is 9.84 Å². The van der Waals surface area contributed by atoms with Crippen LogP contribution in [-0.4, -0.2) is 14.7 Å².